The standard InChI is InChI=1S/C15H15Br2NO/c1-2-14(10-6-8-11(19)9-7-10)18-15-12(16)4-3-5-13(15)17/h3-9,14,18-19H,2H2,1H3. The number of rotatable bonds is 4. The zero-order valence-electron chi connectivity index (χ0n) is 10.5. The van der Waals surface area contributed by atoms with Crippen LogP contribution in [0.15, 0.2) is 51.4 Å². The lowest BCUT2D eigenvalue weighted by atomic mass is 10.0. The van der Waals surface area contributed by atoms with Crippen molar-refractivity contribution >= 4 is 37.5 Å². The van der Waals surface area contributed by atoms with Crippen LogP contribution in [0.25, 0.3) is 0 Å². The number of nitrogens with one attached hydrogen (secondary N) is 1. The molecular weight excluding hydrogens is 370 g/mol. The monoisotopic (exact) mass is 383 g/mol. The first kappa shape index (κ1) is 14.4. The van der Waals surface area contributed by atoms with Crippen LogP contribution >= 0.6 is 31.9 Å². The molecule has 0 radical (unpaired) electrons. The molecule has 0 aromatic heterocycles. The highest BCUT2D eigenvalue weighted by Gasteiger charge is 2.12. The van der Waals surface area contributed by atoms with Gasteiger partial charge in [-0.3, -0.25) is 0 Å². The van der Waals surface area contributed by atoms with Crippen LogP contribution in [0, 0.1) is 0 Å². The average Bonchev–Trinajstić information content (AvgIpc) is 2.40. The van der Waals surface area contributed by atoms with Gasteiger partial charge in [-0.05, 0) is 68.1 Å². The number of benzene rings is 2. The minimum absolute atomic E-state index is 0.204. The molecule has 0 bridgehead atoms. The Kier molecular flexibility index (Phi) is 4.88. The van der Waals surface area contributed by atoms with Gasteiger partial charge in [0.05, 0.1) is 11.7 Å². The lowest BCUT2D eigenvalue weighted by Crippen LogP contribution is -2.10. The van der Waals surface area contributed by atoms with Gasteiger partial charge in [0.15, 0.2) is 0 Å². The van der Waals surface area contributed by atoms with Gasteiger partial charge < -0.3 is 10.4 Å². The third-order valence-corrected chi connectivity index (χ3v) is 4.31. The fourth-order valence-corrected chi connectivity index (χ4v) is 3.17. The summed E-state index contributed by atoms with van der Waals surface area (Å²) in [4.78, 5) is 0. The van der Waals surface area contributed by atoms with Gasteiger partial charge in [-0.25, -0.2) is 0 Å². The number of phenols is 1. The highest BCUT2D eigenvalue weighted by Crippen LogP contribution is 2.34. The van der Waals surface area contributed by atoms with Gasteiger partial charge >= 0.3 is 0 Å². The van der Waals surface area contributed by atoms with Gasteiger partial charge in [0, 0.05) is 8.95 Å². The maximum absolute atomic E-state index is 9.35. The molecule has 0 saturated carbocycles. The molecule has 2 rings (SSSR count). The Morgan fingerprint density at radius 2 is 1.63 bits per heavy atom. The van der Waals surface area contributed by atoms with Crippen LogP contribution in [-0.2, 0) is 0 Å². The Morgan fingerprint density at radius 3 is 2.16 bits per heavy atom. The minimum atomic E-state index is 0.204. The lowest BCUT2D eigenvalue weighted by molar-refractivity contribution is 0.475. The predicted octanol–water partition coefficient (Wildman–Crippen LogP) is 5.48. The SMILES string of the molecule is CCC(Nc1c(Br)cccc1Br)c1ccc(O)cc1. The van der Waals surface area contributed by atoms with E-state index in [4.69, 9.17) is 0 Å². The number of phenolic OH excluding ortho intramolecular Hbond substituents is 1. The summed E-state index contributed by atoms with van der Waals surface area (Å²) in [6.07, 6.45) is 0.957. The van der Waals surface area contributed by atoms with Crippen LogP contribution in [0.4, 0.5) is 5.69 Å². The van der Waals surface area contributed by atoms with E-state index in [-0.39, 0.29) is 6.04 Å². The molecule has 4 heteroatoms. The second kappa shape index (κ2) is 6.44. The number of anilines is 1. The van der Waals surface area contributed by atoms with Crippen molar-refractivity contribution in [3.05, 3.63) is 57.0 Å². The fourth-order valence-electron chi connectivity index (χ4n) is 1.94. The van der Waals surface area contributed by atoms with E-state index in [9.17, 15) is 5.11 Å². The summed E-state index contributed by atoms with van der Waals surface area (Å²) in [6, 6.07) is 13.5. The summed E-state index contributed by atoms with van der Waals surface area (Å²) >= 11 is 7.11. The second-order valence-electron chi connectivity index (χ2n) is 4.29. The molecule has 19 heavy (non-hydrogen) atoms. The van der Waals surface area contributed by atoms with E-state index in [0.29, 0.717) is 5.75 Å². The Balaban J connectivity index is 2.26. The molecule has 0 aliphatic heterocycles. The van der Waals surface area contributed by atoms with Crippen molar-refractivity contribution in [2.45, 2.75) is 19.4 Å². The minimum Gasteiger partial charge on any atom is -0.508 e. The summed E-state index contributed by atoms with van der Waals surface area (Å²) < 4.78 is 2.05. The number of hydrogen-bond donors (Lipinski definition) is 2. The quantitative estimate of drug-likeness (QED) is 0.731. The highest BCUT2D eigenvalue weighted by molar-refractivity contribution is 9.11. The molecule has 2 nitrogen and oxygen atoms in total. The molecule has 0 spiro atoms. The molecule has 0 saturated heterocycles. The zero-order chi connectivity index (χ0) is 13.8. The van der Waals surface area contributed by atoms with Crippen molar-refractivity contribution in [2.75, 3.05) is 5.32 Å². The van der Waals surface area contributed by atoms with Crippen molar-refractivity contribution in [1.29, 1.82) is 0 Å². The van der Waals surface area contributed by atoms with Crippen molar-refractivity contribution in [2.24, 2.45) is 0 Å². The van der Waals surface area contributed by atoms with Gasteiger partial charge in [0.1, 0.15) is 5.75 Å². The predicted molar refractivity (Wildman–Crippen MR) is 86.6 cm³/mol. The van der Waals surface area contributed by atoms with E-state index in [1.54, 1.807) is 12.1 Å². The number of aromatic hydroxyl groups is 1. The number of hydrogen-bond acceptors (Lipinski definition) is 2. The van der Waals surface area contributed by atoms with Crippen molar-refractivity contribution in [1.82, 2.24) is 0 Å². The van der Waals surface area contributed by atoms with Crippen molar-refractivity contribution in [3.63, 3.8) is 0 Å². The molecule has 0 aliphatic rings. The molecule has 2 aromatic rings. The maximum Gasteiger partial charge on any atom is 0.115 e. The molecule has 100 valence electrons. The van der Waals surface area contributed by atoms with Gasteiger partial charge in [0.25, 0.3) is 0 Å². The fraction of sp³-hybridized carbons (Fsp3) is 0.200. The summed E-state index contributed by atoms with van der Waals surface area (Å²) in [5.41, 5.74) is 2.20. The van der Waals surface area contributed by atoms with Gasteiger partial charge in [-0.1, -0.05) is 25.1 Å². The van der Waals surface area contributed by atoms with Gasteiger partial charge in [0.2, 0.25) is 0 Å². The van der Waals surface area contributed by atoms with Crippen LogP contribution in [0.2, 0.25) is 0 Å². The van der Waals surface area contributed by atoms with Crippen LogP contribution in [0.3, 0.4) is 0 Å². The third-order valence-electron chi connectivity index (χ3n) is 2.99. The average molecular weight is 385 g/mol. The smallest absolute Gasteiger partial charge is 0.115 e. The van der Waals surface area contributed by atoms with E-state index in [1.165, 1.54) is 0 Å². The molecule has 2 N–H and O–H groups in total. The topological polar surface area (TPSA) is 32.3 Å². The molecule has 0 amide bonds. The van der Waals surface area contributed by atoms with Crippen molar-refractivity contribution in [3.8, 4) is 5.75 Å². The first-order chi connectivity index (χ1) is 9.11. The summed E-state index contributed by atoms with van der Waals surface area (Å²) in [5, 5.41) is 12.9. The molecule has 2 aromatic carbocycles. The van der Waals surface area contributed by atoms with Gasteiger partial charge in [-0.2, -0.15) is 0 Å². The van der Waals surface area contributed by atoms with E-state index in [1.807, 2.05) is 30.3 Å². The lowest BCUT2D eigenvalue weighted by Gasteiger charge is -2.21. The Bertz CT molecular complexity index is 534. The Labute approximate surface area is 130 Å². The van der Waals surface area contributed by atoms with Gasteiger partial charge in [-0.15, -0.1) is 0 Å². The third kappa shape index (κ3) is 3.51. The zero-order valence-corrected chi connectivity index (χ0v) is 13.7. The van der Waals surface area contributed by atoms with E-state index < -0.39 is 0 Å². The molecule has 0 fully saturated rings. The molecule has 0 aliphatic carbocycles. The number of halogens is 2. The first-order valence-corrected chi connectivity index (χ1v) is 7.70. The summed E-state index contributed by atoms with van der Waals surface area (Å²) in [5.74, 6) is 0.292. The van der Waals surface area contributed by atoms with Crippen LogP contribution in [0.5, 0.6) is 5.75 Å². The summed E-state index contributed by atoms with van der Waals surface area (Å²) in [6.45, 7) is 2.13. The van der Waals surface area contributed by atoms with Crippen LogP contribution in [-0.4, -0.2) is 5.11 Å². The Hall–Kier alpha value is -1.00. The highest BCUT2D eigenvalue weighted by atomic mass is 79.9. The molecule has 0 heterocycles. The maximum atomic E-state index is 9.35. The molecule has 1 unspecified atom stereocenters. The summed E-state index contributed by atoms with van der Waals surface area (Å²) in [7, 11) is 0. The normalized spacial score (nSPS) is 12.2. The van der Waals surface area contributed by atoms with Crippen LogP contribution in [0.1, 0.15) is 24.9 Å². The molecule has 1 atom stereocenters. The van der Waals surface area contributed by atoms with E-state index >= 15 is 0 Å². The molecular formula is C15H15Br2NO. The van der Waals surface area contributed by atoms with Crippen LogP contribution < -0.4 is 5.32 Å². The first-order valence-electron chi connectivity index (χ1n) is 6.11. The second-order valence-corrected chi connectivity index (χ2v) is 6.00. The van der Waals surface area contributed by atoms with E-state index in [2.05, 4.69) is 44.1 Å². The Morgan fingerprint density at radius 1 is 1.05 bits per heavy atom. The largest absolute Gasteiger partial charge is 0.508 e. The van der Waals surface area contributed by atoms with Crippen molar-refractivity contribution < 1.29 is 5.11 Å². The van der Waals surface area contributed by atoms with E-state index in [0.717, 1.165) is 26.6 Å². The number of para-hydroxylation sites is 1.